The molecule has 0 aliphatic heterocycles. The quantitative estimate of drug-likeness (QED) is 0.621. The smallest absolute Gasteiger partial charge is 0.244 e. The fourth-order valence-electron chi connectivity index (χ4n) is 1.16. The van der Waals surface area contributed by atoms with Crippen LogP contribution in [0.25, 0.3) is 0 Å². The standard InChI is InChI=1S/C10H12ClN3O2/c11-7-3-1-6(2-4-7)5-14-8(9(12)15)10(13)16/h1-4,8,14H,5H2,(H2,12,15)(H2,13,16). The van der Waals surface area contributed by atoms with E-state index in [-0.39, 0.29) is 0 Å². The number of nitrogens with one attached hydrogen (secondary N) is 1. The maximum Gasteiger partial charge on any atom is 0.244 e. The van der Waals surface area contributed by atoms with Gasteiger partial charge in [0.25, 0.3) is 0 Å². The summed E-state index contributed by atoms with van der Waals surface area (Å²) in [6.45, 7) is 0.313. The topological polar surface area (TPSA) is 98.2 Å². The highest BCUT2D eigenvalue weighted by Gasteiger charge is 2.20. The molecular weight excluding hydrogens is 230 g/mol. The molecule has 0 aliphatic rings. The predicted molar refractivity (Wildman–Crippen MR) is 60.5 cm³/mol. The van der Waals surface area contributed by atoms with E-state index in [4.69, 9.17) is 23.1 Å². The zero-order chi connectivity index (χ0) is 12.1. The van der Waals surface area contributed by atoms with Gasteiger partial charge in [-0.3, -0.25) is 14.9 Å². The van der Waals surface area contributed by atoms with E-state index in [0.29, 0.717) is 11.6 Å². The first-order chi connectivity index (χ1) is 7.50. The summed E-state index contributed by atoms with van der Waals surface area (Å²) in [6, 6.07) is 5.81. The van der Waals surface area contributed by atoms with Crippen molar-refractivity contribution in [1.82, 2.24) is 5.32 Å². The van der Waals surface area contributed by atoms with Crippen LogP contribution in [0.4, 0.5) is 0 Å². The average Bonchev–Trinajstić information content (AvgIpc) is 2.20. The number of carbonyl (C=O) groups is 2. The van der Waals surface area contributed by atoms with Crippen molar-refractivity contribution in [3.05, 3.63) is 34.9 Å². The van der Waals surface area contributed by atoms with Crippen LogP contribution in [-0.2, 0) is 16.1 Å². The van der Waals surface area contributed by atoms with E-state index in [1.165, 1.54) is 0 Å². The van der Waals surface area contributed by atoms with Crippen LogP contribution >= 0.6 is 11.6 Å². The van der Waals surface area contributed by atoms with Crippen LogP contribution in [0.5, 0.6) is 0 Å². The molecule has 0 bridgehead atoms. The van der Waals surface area contributed by atoms with E-state index in [0.717, 1.165) is 5.56 Å². The molecule has 0 saturated heterocycles. The van der Waals surface area contributed by atoms with E-state index < -0.39 is 17.9 Å². The summed E-state index contributed by atoms with van der Waals surface area (Å²) in [5.74, 6) is -1.58. The molecule has 5 N–H and O–H groups in total. The van der Waals surface area contributed by atoms with Crippen molar-refractivity contribution in [3.8, 4) is 0 Å². The van der Waals surface area contributed by atoms with Gasteiger partial charge in [0.2, 0.25) is 11.8 Å². The van der Waals surface area contributed by atoms with Crippen LogP contribution < -0.4 is 16.8 Å². The van der Waals surface area contributed by atoms with Gasteiger partial charge in [0.15, 0.2) is 6.04 Å². The Morgan fingerprint density at radius 2 is 1.69 bits per heavy atom. The summed E-state index contributed by atoms with van der Waals surface area (Å²) in [5.41, 5.74) is 10.9. The molecule has 1 rings (SSSR count). The maximum absolute atomic E-state index is 10.9. The van der Waals surface area contributed by atoms with Crippen LogP contribution in [-0.4, -0.2) is 17.9 Å². The minimum absolute atomic E-state index is 0.313. The van der Waals surface area contributed by atoms with Crippen molar-refractivity contribution in [2.24, 2.45) is 11.5 Å². The van der Waals surface area contributed by atoms with Gasteiger partial charge in [-0.25, -0.2) is 0 Å². The third-order valence-corrected chi connectivity index (χ3v) is 2.24. The molecule has 1 aromatic carbocycles. The number of benzene rings is 1. The van der Waals surface area contributed by atoms with Crippen molar-refractivity contribution in [1.29, 1.82) is 0 Å². The average molecular weight is 242 g/mol. The number of nitrogens with two attached hydrogens (primary N) is 2. The van der Waals surface area contributed by atoms with Gasteiger partial charge >= 0.3 is 0 Å². The van der Waals surface area contributed by atoms with Crippen LogP contribution in [0.3, 0.4) is 0 Å². The Balaban J connectivity index is 2.59. The summed E-state index contributed by atoms with van der Waals surface area (Å²) < 4.78 is 0. The van der Waals surface area contributed by atoms with Gasteiger partial charge in [-0.05, 0) is 17.7 Å². The molecule has 1 aromatic rings. The van der Waals surface area contributed by atoms with E-state index >= 15 is 0 Å². The van der Waals surface area contributed by atoms with Crippen molar-refractivity contribution in [3.63, 3.8) is 0 Å². The first-order valence-electron chi connectivity index (χ1n) is 4.57. The fraction of sp³-hybridized carbons (Fsp3) is 0.200. The Hall–Kier alpha value is -1.59. The normalized spacial score (nSPS) is 10.4. The Kier molecular flexibility index (Phi) is 4.28. The van der Waals surface area contributed by atoms with E-state index in [2.05, 4.69) is 5.32 Å². The molecule has 0 atom stereocenters. The molecule has 0 radical (unpaired) electrons. The predicted octanol–water partition coefficient (Wildman–Crippen LogP) is -0.231. The molecule has 0 saturated carbocycles. The van der Waals surface area contributed by atoms with Crippen molar-refractivity contribution in [2.45, 2.75) is 12.6 Å². The van der Waals surface area contributed by atoms with Gasteiger partial charge in [-0.15, -0.1) is 0 Å². The molecule has 0 unspecified atom stereocenters. The summed E-state index contributed by atoms with van der Waals surface area (Å²) in [4.78, 5) is 21.7. The third kappa shape index (κ3) is 3.52. The van der Waals surface area contributed by atoms with E-state index in [1.54, 1.807) is 24.3 Å². The second-order valence-corrected chi connectivity index (χ2v) is 3.68. The molecule has 0 heterocycles. The number of hydrogen-bond donors (Lipinski definition) is 3. The van der Waals surface area contributed by atoms with Crippen LogP contribution in [0, 0.1) is 0 Å². The SMILES string of the molecule is NC(=O)C(NCc1ccc(Cl)cc1)C(N)=O. The molecule has 5 nitrogen and oxygen atoms in total. The van der Waals surface area contributed by atoms with Crippen molar-refractivity contribution in [2.75, 3.05) is 0 Å². The first-order valence-corrected chi connectivity index (χ1v) is 4.95. The van der Waals surface area contributed by atoms with Crippen molar-refractivity contribution >= 4 is 23.4 Å². The Bertz CT molecular complexity index is 378. The van der Waals surface area contributed by atoms with Crippen LogP contribution in [0.2, 0.25) is 5.02 Å². The van der Waals surface area contributed by atoms with Crippen molar-refractivity contribution < 1.29 is 9.59 Å². The molecule has 6 heteroatoms. The lowest BCUT2D eigenvalue weighted by atomic mass is 10.2. The summed E-state index contributed by atoms with van der Waals surface area (Å²) in [6.07, 6.45) is 0. The fourth-order valence-corrected chi connectivity index (χ4v) is 1.29. The Labute approximate surface area is 97.7 Å². The number of rotatable bonds is 5. The molecule has 0 spiro atoms. The van der Waals surface area contributed by atoms with Gasteiger partial charge in [-0.1, -0.05) is 23.7 Å². The monoisotopic (exact) mass is 241 g/mol. The zero-order valence-electron chi connectivity index (χ0n) is 8.44. The number of carbonyl (C=O) groups excluding carboxylic acids is 2. The zero-order valence-corrected chi connectivity index (χ0v) is 9.20. The third-order valence-electron chi connectivity index (χ3n) is 1.99. The lowest BCUT2D eigenvalue weighted by molar-refractivity contribution is -0.128. The van der Waals surface area contributed by atoms with Crippen LogP contribution in [0.1, 0.15) is 5.56 Å². The highest BCUT2D eigenvalue weighted by molar-refractivity contribution is 6.30. The Morgan fingerprint density at radius 3 is 2.12 bits per heavy atom. The van der Waals surface area contributed by atoms with Crippen LogP contribution in [0.15, 0.2) is 24.3 Å². The molecular formula is C10H12ClN3O2. The van der Waals surface area contributed by atoms with E-state index in [1.807, 2.05) is 0 Å². The molecule has 2 amide bonds. The minimum Gasteiger partial charge on any atom is -0.368 e. The lowest BCUT2D eigenvalue weighted by Crippen LogP contribution is -2.49. The molecule has 0 aromatic heterocycles. The molecule has 86 valence electrons. The summed E-state index contributed by atoms with van der Waals surface area (Å²) in [7, 11) is 0. The first kappa shape index (κ1) is 12.5. The molecule has 16 heavy (non-hydrogen) atoms. The molecule has 0 fully saturated rings. The van der Waals surface area contributed by atoms with Gasteiger partial charge in [-0.2, -0.15) is 0 Å². The maximum atomic E-state index is 10.9. The molecule has 0 aliphatic carbocycles. The highest BCUT2D eigenvalue weighted by Crippen LogP contribution is 2.09. The number of halogens is 1. The second-order valence-electron chi connectivity index (χ2n) is 3.25. The van der Waals surface area contributed by atoms with Gasteiger partial charge in [0.05, 0.1) is 0 Å². The second kappa shape index (κ2) is 5.48. The van der Waals surface area contributed by atoms with E-state index in [9.17, 15) is 9.59 Å². The number of hydrogen-bond acceptors (Lipinski definition) is 3. The lowest BCUT2D eigenvalue weighted by Gasteiger charge is -2.11. The summed E-state index contributed by atoms with van der Waals surface area (Å²) >= 11 is 5.71. The van der Waals surface area contributed by atoms with Gasteiger partial charge in [0, 0.05) is 11.6 Å². The Morgan fingerprint density at radius 1 is 1.19 bits per heavy atom. The largest absolute Gasteiger partial charge is 0.368 e. The minimum atomic E-state index is -1.16. The van der Waals surface area contributed by atoms with Gasteiger partial charge in [0.1, 0.15) is 0 Å². The number of primary amides is 2. The number of amides is 2. The highest BCUT2D eigenvalue weighted by atomic mass is 35.5. The van der Waals surface area contributed by atoms with Gasteiger partial charge < -0.3 is 11.5 Å². The summed E-state index contributed by atoms with van der Waals surface area (Å²) in [5, 5.41) is 3.28.